The molecule has 0 atom stereocenters. The number of halogens is 3. The zero-order chi connectivity index (χ0) is 22.3. The van der Waals surface area contributed by atoms with Gasteiger partial charge in [0, 0.05) is 16.6 Å². The molecule has 0 amide bonds. The minimum Gasteiger partial charge on any atom is -0.459 e. The summed E-state index contributed by atoms with van der Waals surface area (Å²) in [6, 6.07) is 6.75. The van der Waals surface area contributed by atoms with Gasteiger partial charge in [0.1, 0.15) is 22.7 Å². The third kappa shape index (κ3) is 4.02. The van der Waals surface area contributed by atoms with Gasteiger partial charge in [-0.25, -0.2) is 9.97 Å². The van der Waals surface area contributed by atoms with Gasteiger partial charge in [-0.1, -0.05) is 18.2 Å². The van der Waals surface area contributed by atoms with E-state index in [0.717, 1.165) is 27.3 Å². The molecule has 0 unspecified atom stereocenters. The van der Waals surface area contributed by atoms with Crippen molar-refractivity contribution < 1.29 is 22.7 Å². The quantitative estimate of drug-likeness (QED) is 0.434. The average molecular weight is 447 g/mol. The van der Waals surface area contributed by atoms with Crippen LogP contribution in [0.15, 0.2) is 41.5 Å². The molecule has 0 saturated carbocycles. The number of carbonyl (C=O) groups excluding carboxylic acids is 1. The predicted molar refractivity (Wildman–Crippen MR) is 110 cm³/mol. The zero-order valence-corrected chi connectivity index (χ0v) is 17.3. The molecule has 31 heavy (non-hydrogen) atoms. The van der Waals surface area contributed by atoms with Crippen LogP contribution in [0.3, 0.4) is 0 Å². The third-order valence-electron chi connectivity index (χ3n) is 4.75. The predicted octanol–water partition coefficient (Wildman–Crippen LogP) is 4.39. The SMILES string of the molecule is Cc1cc(C)c2c(n1)sc1c(=O)n(CC(=O)OCc3ccccc3C(F)(F)F)cnc12. The number of nitrogens with zero attached hydrogens (tertiary/aromatic N) is 3. The minimum atomic E-state index is -4.55. The Morgan fingerprint density at radius 1 is 1.23 bits per heavy atom. The van der Waals surface area contributed by atoms with Crippen LogP contribution >= 0.6 is 11.3 Å². The lowest BCUT2D eigenvalue weighted by Crippen LogP contribution is -2.25. The Labute approximate surface area is 177 Å². The molecule has 1 aromatic carbocycles. The maximum absolute atomic E-state index is 13.1. The first-order valence-electron chi connectivity index (χ1n) is 9.22. The van der Waals surface area contributed by atoms with Crippen LogP contribution in [0.2, 0.25) is 0 Å². The highest BCUT2D eigenvalue weighted by Crippen LogP contribution is 2.33. The van der Waals surface area contributed by atoms with Crippen molar-refractivity contribution in [2.75, 3.05) is 0 Å². The van der Waals surface area contributed by atoms with Crippen LogP contribution in [0.4, 0.5) is 13.2 Å². The molecule has 0 N–H and O–H groups in total. The summed E-state index contributed by atoms with van der Waals surface area (Å²) in [7, 11) is 0. The molecule has 4 rings (SSSR count). The Hall–Kier alpha value is -3.27. The number of esters is 1. The molecule has 0 aliphatic rings. The summed E-state index contributed by atoms with van der Waals surface area (Å²) < 4.78 is 45.6. The average Bonchev–Trinajstić information content (AvgIpc) is 3.07. The lowest BCUT2D eigenvalue weighted by Gasteiger charge is -2.13. The van der Waals surface area contributed by atoms with E-state index in [-0.39, 0.29) is 5.56 Å². The van der Waals surface area contributed by atoms with Crippen LogP contribution in [0, 0.1) is 13.8 Å². The van der Waals surface area contributed by atoms with E-state index in [1.807, 2.05) is 19.9 Å². The van der Waals surface area contributed by atoms with Crippen molar-refractivity contribution in [2.24, 2.45) is 0 Å². The van der Waals surface area contributed by atoms with Crippen LogP contribution in [-0.4, -0.2) is 20.5 Å². The Morgan fingerprint density at radius 3 is 2.71 bits per heavy atom. The van der Waals surface area contributed by atoms with Crippen LogP contribution < -0.4 is 5.56 Å². The van der Waals surface area contributed by atoms with Gasteiger partial charge in [0.2, 0.25) is 0 Å². The normalized spacial score (nSPS) is 11.9. The molecule has 0 radical (unpaired) electrons. The molecule has 4 aromatic rings. The molecule has 0 aliphatic carbocycles. The molecule has 6 nitrogen and oxygen atoms in total. The number of aryl methyl sites for hydroxylation is 2. The molecule has 0 saturated heterocycles. The number of hydrogen-bond donors (Lipinski definition) is 0. The van der Waals surface area contributed by atoms with Gasteiger partial charge >= 0.3 is 12.1 Å². The molecule has 10 heteroatoms. The van der Waals surface area contributed by atoms with Crippen molar-refractivity contribution in [1.29, 1.82) is 0 Å². The molecule has 0 fully saturated rings. The van der Waals surface area contributed by atoms with E-state index in [4.69, 9.17) is 4.74 Å². The van der Waals surface area contributed by atoms with Crippen molar-refractivity contribution in [3.63, 3.8) is 0 Å². The Morgan fingerprint density at radius 2 is 1.97 bits per heavy atom. The van der Waals surface area contributed by atoms with Gasteiger partial charge < -0.3 is 4.74 Å². The number of hydrogen-bond acceptors (Lipinski definition) is 6. The monoisotopic (exact) mass is 447 g/mol. The number of alkyl halides is 3. The van der Waals surface area contributed by atoms with Crippen LogP contribution in [0.5, 0.6) is 0 Å². The van der Waals surface area contributed by atoms with Crippen molar-refractivity contribution in [1.82, 2.24) is 14.5 Å². The Kier molecular flexibility index (Phi) is 5.26. The van der Waals surface area contributed by atoms with E-state index in [1.54, 1.807) is 0 Å². The first kappa shape index (κ1) is 21.0. The number of rotatable bonds is 4. The highest BCUT2D eigenvalue weighted by atomic mass is 32.1. The maximum Gasteiger partial charge on any atom is 0.416 e. The summed E-state index contributed by atoms with van der Waals surface area (Å²) in [5.74, 6) is -0.841. The highest BCUT2D eigenvalue weighted by Gasteiger charge is 2.33. The number of pyridine rings is 1. The Bertz CT molecular complexity index is 1380. The second-order valence-corrected chi connectivity index (χ2v) is 8.03. The fraction of sp³-hybridized carbons (Fsp3) is 0.238. The molecule has 0 bridgehead atoms. The van der Waals surface area contributed by atoms with Crippen LogP contribution in [0.1, 0.15) is 22.4 Å². The summed E-state index contributed by atoms with van der Waals surface area (Å²) in [5.41, 5.74) is 0.814. The molecule has 0 aliphatic heterocycles. The van der Waals surface area contributed by atoms with Gasteiger partial charge in [0.05, 0.1) is 17.4 Å². The topological polar surface area (TPSA) is 74.1 Å². The van der Waals surface area contributed by atoms with E-state index in [0.29, 0.717) is 15.0 Å². The Balaban J connectivity index is 1.57. The van der Waals surface area contributed by atoms with Crippen molar-refractivity contribution in [2.45, 2.75) is 33.2 Å². The number of aromatic nitrogens is 3. The van der Waals surface area contributed by atoms with Crippen molar-refractivity contribution in [3.05, 3.63) is 69.4 Å². The molecular formula is C21H16F3N3O3S. The molecule has 0 spiro atoms. The van der Waals surface area contributed by atoms with Crippen molar-refractivity contribution >= 4 is 37.7 Å². The molecular weight excluding hydrogens is 431 g/mol. The first-order valence-corrected chi connectivity index (χ1v) is 10.0. The first-order chi connectivity index (χ1) is 14.6. The fourth-order valence-corrected chi connectivity index (χ4v) is 4.58. The summed E-state index contributed by atoms with van der Waals surface area (Å²) in [5, 5.41) is 0.793. The van der Waals surface area contributed by atoms with Gasteiger partial charge in [0.25, 0.3) is 5.56 Å². The standard InChI is InChI=1S/C21H16F3N3O3S/c1-11-7-12(2)26-19-16(11)17-18(31-19)20(29)27(10-25-17)8-15(28)30-9-13-5-3-4-6-14(13)21(22,23)24/h3-7,10H,8-9H2,1-2H3. The van der Waals surface area contributed by atoms with Crippen molar-refractivity contribution in [3.8, 4) is 0 Å². The van der Waals surface area contributed by atoms with Gasteiger partial charge in [-0.15, -0.1) is 11.3 Å². The van der Waals surface area contributed by atoms with Gasteiger partial charge in [-0.3, -0.25) is 14.2 Å². The van der Waals surface area contributed by atoms with Gasteiger partial charge in [0.15, 0.2) is 0 Å². The lowest BCUT2D eigenvalue weighted by molar-refractivity contribution is -0.148. The minimum absolute atomic E-state index is 0.161. The van der Waals surface area contributed by atoms with Crippen LogP contribution in [0.25, 0.3) is 20.4 Å². The smallest absolute Gasteiger partial charge is 0.416 e. The summed E-state index contributed by atoms with van der Waals surface area (Å²) in [6.07, 6.45) is -3.32. The van der Waals surface area contributed by atoms with E-state index in [2.05, 4.69) is 9.97 Å². The number of thiophene rings is 1. The maximum atomic E-state index is 13.1. The van der Waals surface area contributed by atoms with Gasteiger partial charge in [-0.05, 0) is 31.5 Å². The number of fused-ring (bicyclic) bond motifs is 3. The molecule has 160 valence electrons. The largest absolute Gasteiger partial charge is 0.459 e. The summed E-state index contributed by atoms with van der Waals surface area (Å²) in [6.45, 7) is 2.75. The second-order valence-electron chi connectivity index (χ2n) is 7.03. The van der Waals surface area contributed by atoms with E-state index >= 15 is 0 Å². The number of ether oxygens (including phenoxy) is 1. The fourth-order valence-electron chi connectivity index (χ4n) is 3.38. The summed E-state index contributed by atoms with van der Waals surface area (Å²) >= 11 is 1.19. The third-order valence-corrected chi connectivity index (χ3v) is 5.82. The van der Waals surface area contributed by atoms with Crippen LogP contribution in [-0.2, 0) is 28.9 Å². The zero-order valence-electron chi connectivity index (χ0n) is 16.5. The van der Waals surface area contributed by atoms with E-state index in [9.17, 15) is 22.8 Å². The number of benzene rings is 1. The second kappa shape index (κ2) is 7.77. The lowest BCUT2D eigenvalue weighted by atomic mass is 10.1. The number of carbonyl (C=O) groups is 1. The molecule has 3 aromatic heterocycles. The highest BCUT2D eigenvalue weighted by molar-refractivity contribution is 7.25. The molecule has 3 heterocycles. The van der Waals surface area contributed by atoms with E-state index in [1.165, 1.54) is 35.9 Å². The van der Waals surface area contributed by atoms with E-state index < -0.39 is 36.4 Å². The summed E-state index contributed by atoms with van der Waals surface area (Å²) in [4.78, 5) is 34.5. The van der Waals surface area contributed by atoms with Gasteiger partial charge in [-0.2, -0.15) is 13.2 Å².